The van der Waals surface area contributed by atoms with Crippen molar-refractivity contribution in [2.24, 2.45) is 11.3 Å². The standard InChI is InChI=1S/C11H24N/c1-6-10-8-12(4,5)9-11(10,3)7-2/h10H,6-9H2,1-5H3/q+1. The summed E-state index contributed by atoms with van der Waals surface area (Å²) in [6.45, 7) is 9.88. The summed E-state index contributed by atoms with van der Waals surface area (Å²) >= 11 is 0. The molecule has 1 nitrogen and oxygen atoms in total. The zero-order valence-electron chi connectivity index (χ0n) is 9.35. The van der Waals surface area contributed by atoms with E-state index in [1.165, 1.54) is 30.4 Å². The molecule has 1 fully saturated rings. The van der Waals surface area contributed by atoms with Gasteiger partial charge < -0.3 is 4.48 Å². The fourth-order valence-electron chi connectivity index (χ4n) is 3.01. The molecule has 0 bridgehead atoms. The van der Waals surface area contributed by atoms with E-state index < -0.39 is 0 Å². The predicted molar refractivity (Wildman–Crippen MR) is 54.0 cm³/mol. The van der Waals surface area contributed by atoms with E-state index >= 15 is 0 Å². The Morgan fingerprint density at radius 3 is 2.25 bits per heavy atom. The van der Waals surface area contributed by atoms with Crippen molar-refractivity contribution in [1.82, 2.24) is 0 Å². The molecule has 1 heteroatoms. The third-order valence-corrected chi connectivity index (χ3v) is 3.79. The average Bonchev–Trinajstić information content (AvgIpc) is 2.22. The topological polar surface area (TPSA) is 0 Å². The van der Waals surface area contributed by atoms with Gasteiger partial charge in [-0.1, -0.05) is 20.8 Å². The highest BCUT2D eigenvalue weighted by atomic mass is 15.3. The summed E-state index contributed by atoms with van der Waals surface area (Å²) in [5, 5.41) is 0. The average molecular weight is 170 g/mol. The molecule has 1 saturated heterocycles. The molecule has 1 heterocycles. The molecule has 0 amide bonds. The molecule has 0 aromatic heterocycles. The lowest BCUT2D eigenvalue weighted by molar-refractivity contribution is -0.882. The molecule has 1 aliphatic heterocycles. The molecule has 12 heavy (non-hydrogen) atoms. The van der Waals surface area contributed by atoms with E-state index in [0.29, 0.717) is 5.41 Å². The van der Waals surface area contributed by atoms with E-state index in [1.54, 1.807) is 0 Å². The third kappa shape index (κ3) is 1.66. The van der Waals surface area contributed by atoms with E-state index in [-0.39, 0.29) is 0 Å². The van der Waals surface area contributed by atoms with Crippen molar-refractivity contribution >= 4 is 0 Å². The Kier molecular flexibility index (Phi) is 2.53. The first-order valence-electron chi connectivity index (χ1n) is 5.25. The maximum atomic E-state index is 2.47. The fourth-order valence-corrected chi connectivity index (χ4v) is 3.01. The van der Waals surface area contributed by atoms with Crippen LogP contribution in [0.4, 0.5) is 0 Å². The first-order chi connectivity index (χ1) is 5.43. The van der Waals surface area contributed by atoms with Gasteiger partial charge in [0.1, 0.15) is 0 Å². The van der Waals surface area contributed by atoms with Crippen molar-refractivity contribution < 1.29 is 4.48 Å². The molecule has 2 unspecified atom stereocenters. The number of hydrogen-bond donors (Lipinski definition) is 0. The van der Waals surface area contributed by atoms with E-state index in [2.05, 4.69) is 34.9 Å². The van der Waals surface area contributed by atoms with Gasteiger partial charge in [-0.2, -0.15) is 0 Å². The van der Waals surface area contributed by atoms with Crippen LogP contribution in [-0.4, -0.2) is 31.7 Å². The van der Waals surface area contributed by atoms with Crippen LogP contribution in [0.5, 0.6) is 0 Å². The molecule has 1 aliphatic rings. The molecule has 0 aromatic rings. The van der Waals surface area contributed by atoms with Crippen LogP contribution in [0.25, 0.3) is 0 Å². The van der Waals surface area contributed by atoms with Gasteiger partial charge in [-0.3, -0.25) is 0 Å². The summed E-state index contributed by atoms with van der Waals surface area (Å²) in [5.74, 6) is 0.942. The van der Waals surface area contributed by atoms with Gasteiger partial charge in [-0.15, -0.1) is 0 Å². The predicted octanol–water partition coefficient (Wildman–Crippen LogP) is 2.52. The zero-order chi connectivity index (χ0) is 9.41. The van der Waals surface area contributed by atoms with E-state index in [1.807, 2.05) is 0 Å². The van der Waals surface area contributed by atoms with E-state index in [4.69, 9.17) is 0 Å². The van der Waals surface area contributed by atoms with Crippen molar-refractivity contribution in [2.75, 3.05) is 27.2 Å². The SMILES string of the molecule is CCC1C[N+](C)(C)CC1(C)CC. The second kappa shape index (κ2) is 3.02. The lowest BCUT2D eigenvalue weighted by Crippen LogP contribution is -2.38. The van der Waals surface area contributed by atoms with Gasteiger partial charge in [0.15, 0.2) is 0 Å². The Bertz CT molecular complexity index is 162. The van der Waals surface area contributed by atoms with Gasteiger partial charge in [0.05, 0.1) is 27.2 Å². The van der Waals surface area contributed by atoms with Gasteiger partial charge in [0.2, 0.25) is 0 Å². The monoisotopic (exact) mass is 170 g/mol. The van der Waals surface area contributed by atoms with Gasteiger partial charge in [0, 0.05) is 11.3 Å². The Morgan fingerprint density at radius 1 is 1.33 bits per heavy atom. The van der Waals surface area contributed by atoms with Crippen LogP contribution in [0, 0.1) is 11.3 Å². The van der Waals surface area contributed by atoms with Crippen LogP contribution in [0.2, 0.25) is 0 Å². The lowest BCUT2D eigenvalue weighted by atomic mass is 9.76. The van der Waals surface area contributed by atoms with Crippen molar-refractivity contribution in [3.05, 3.63) is 0 Å². The Hall–Kier alpha value is -0.0400. The number of nitrogens with zero attached hydrogens (tertiary/aromatic N) is 1. The summed E-state index contributed by atoms with van der Waals surface area (Å²) in [7, 11) is 4.73. The molecule has 0 radical (unpaired) electrons. The summed E-state index contributed by atoms with van der Waals surface area (Å²) in [5.41, 5.74) is 0.609. The van der Waals surface area contributed by atoms with Crippen LogP contribution in [0.15, 0.2) is 0 Å². The van der Waals surface area contributed by atoms with Gasteiger partial charge >= 0.3 is 0 Å². The maximum absolute atomic E-state index is 2.47. The summed E-state index contributed by atoms with van der Waals surface area (Å²) < 4.78 is 1.23. The minimum absolute atomic E-state index is 0.609. The minimum atomic E-state index is 0.609. The minimum Gasteiger partial charge on any atom is -0.328 e. The largest absolute Gasteiger partial charge is 0.328 e. The molecule has 0 aliphatic carbocycles. The van der Waals surface area contributed by atoms with Crippen molar-refractivity contribution in [3.8, 4) is 0 Å². The number of hydrogen-bond acceptors (Lipinski definition) is 0. The second-order valence-electron chi connectivity index (χ2n) is 5.39. The number of quaternary nitrogens is 1. The molecule has 0 N–H and O–H groups in total. The van der Waals surface area contributed by atoms with Gasteiger partial charge in [-0.05, 0) is 12.8 Å². The fraction of sp³-hybridized carbons (Fsp3) is 1.00. The highest BCUT2D eigenvalue weighted by Gasteiger charge is 2.46. The van der Waals surface area contributed by atoms with Crippen LogP contribution < -0.4 is 0 Å². The number of likely N-dealkylation sites (tertiary alicyclic amines) is 1. The molecule has 72 valence electrons. The molecule has 0 aromatic carbocycles. The quantitative estimate of drug-likeness (QED) is 0.559. The van der Waals surface area contributed by atoms with Crippen LogP contribution in [0.1, 0.15) is 33.6 Å². The molecular formula is C11H24N+. The normalized spacial score (nSPS) is 40.2. The second-order valence-corrected chi connectivity index (χ2v) is 5.39. The highest BCUT2D eigenvalue weighted by Crippen LogP contribution is 2.42. The van der Waals surface area contributed by atoms with Crippen LogP contribution in [-0.2, 0) is 0 Å². The molecule has 0 saturated carbocycles. The molecule has 1 rings (SSSR count). The van der Waals surface area contributed by atoms with Crippen LogP contribution in [0.3, 0.4) is 0 Å². The summed E-state index contributed by atoms with van der Waals surface area (Å²) in [4.78, 5) is 0. The smallest absolute Gasteiger partial charge is 0.0841 e. The molecule has 2 atom stereocenters. The summed E-state index contributed by atoms with van der Waals surface area (Å²) in [6.07, 6.45) is 2.69. The summed E-state index contributed by atoms with van der Waals surface area (Å²) in [6, 6.07) is 0. The van der Waals surface area contributed by atoms with Crippen LogP contribution >= 0.6 is 0 Å². The van der Waals surface area contributed by atoms with Gasteiger partial charge in [0.25, 0.3) is 0 Å². The van der Waals surface area contributed by atoms with E-state index in [0.717, 1.165) is 5.92 Å². The Labute approximate surface area is 77.4 Å². The molecule has 0 spiro atoms. The first-order valence-corrected chi connectivity index (χ1v) is 5.25. The highest BCUT2D eigenvalue weighted by molar-refractivity contribution is 4.85. The third-order valence-electron chi connectivity index (χ3n) is 3.79. The van der Waals surface area contributed by atoms with Crippen molar-refractivity contribution in [2.45, 2.75) is 33.6 Å². The number of rotatable bonds is 2. The molecular weight excluding hydrogens is 146 g/mol. The van der Waals surface area contributed by atoms with Crippen molar-refractivity contribution in [3.63, 3.8) is 0 Å². The Balaban J connectivity index is 2.76. The first kappa shape index (κ1) is 10.0. The zero-order valence-corrected chi connectivity index (χ0v) is 9.35. The Morgan fingerprint density at radius 2 is 1.92 bits per heavy atom. The maximum Gasteiger partial charge on any atom is 0.0841 e. The lowest BCUT2D eigenvalue weighted by Gasteiger charge is -2.27. The van der Waals surface area contributed by atoms with Gasteiger partial charge in [-0.25, -0.2) is 0 Å². The van der Waals surface area contributed by atoms with Crippen molar-refractivity contribution in [1.29, 1.82) is 0 Å². The van der Waals surface area contributed by atoms with E-state index in [9.17, 15) is 0 Å².